The lowest BCUT2D eigenvalue weighted by molar-refractivity contribution is -0.117. The number of amides is 1. The monoisotopic (exact) mass is 232 g/mol. The number of carbonyl (C=O) groups excluding carboxylic acids is 1. The molecule has 2 aliphatic rings. The molecule has 88 valence electrons. The van der Waals surface area contributed by atoms with E-state index in [4.69, 9.17) is 5.11 Å². The van der Waals surface area contributed by atoms with E-state index in [1.54, 1.807) is 12.1 Å². The van der Waals surface area contributed by atoms with Gasteiger partial charge in [-0.25, -0.2) is 4.79 Å². The molecule has 1 saturated heterocycles. The van der Waals surface area contributed by atoms with Gasteiger partial charge in [0.25, 0.3) is 0 Å². The lowest BCUT2D eigenvalue weighted by Crippen LogP contribution is -2.43. The molecule has 0 saturated carbocycles. The van der Waals surface area contributed by atoms with Crippen molar-refractivity contribution in [3.63, 3.8) is 0 Å². The first kappa shape index (κ1) is 10.1. The molecule has 0 spiro atoms. The molecule has 5 nitrogen and oxygen atoms in total. The van der Waals surface area contributed by atoms with Crippen molar-refractivity contribution in [1.82, 2.24) is 0 Å². The molecule has 2 aliphatic heterocycles. The Morgan fingerprint density at radius 3 is 3.06 bits per heavy atom. The average Bonchev–Trinajstić information content (AvgIpc) is 2.78. The largest absolute Gasteiger partial charge is 0.478 e. The lowest BCUT2D eigenvalue weighted by atomic mass is 10.1. The molecule has 1 unspecified atom stereocenters. The van der Waals surface area contributed by atoms with Gasteiger partial charge in [-0.15, -0.1) is 0 Å². The fraction of sp³-hybridized carbons (Fsp3) is 0.333. The Bertz CT molecular complexity index is 512. The third-order valence-electron chi connectivity index (χ3n) is 3.37. The van der Waals surface area contributed by atoms with E-state index in [0.717, 1.165) is 25.1 Å². The number of hydrogen-bond donors (Lipinski definition) is 2. The van der Waals surface area contributed by atoms with Crippen LogP contribution in [0.3, 0.4) is 0 Å². The topological polar surface area (TPSA) is 69.6 Å². The number of hydrogen-bond acceptors (Lipinski definition) is 3. The lowest BCUT2D eigenvalue weighted by Gasteiger charge is -2.33. The fourth-order valence-corrected chi connectivity index (χ4v) is 2.56. The number of nitrogens with zero attached hydrogens (tertiary/aromatic N) is 1. The maximum atomic E-state index is 11.8. The Morgan fingerprint density at radius 2 is 2.29 bits per heavy atom. The molecule has 0 bridgehead atoms. The molecule has 5 heteroatoms. The van der Waals surface area contributed by atoms with Crippen molar-refractivity contribution in [2.45, 2.75) is 18.9 Å². The summed E-state index contributed by atoms with van der Waals surface area (Å²) in [6, 6.07) is 4.78. The zero-order chi connectivity index (χ0) is 12.0. The number of aromatic carboxylic acids is 1. The number of fused-ring (bicyclic) bond motifs is 3. The van der Waals surface area contributed by atoms with Crippen LogP contribution in [0.4, 0.5) is 11.4 Å². The van der Waals surface area contributed by atoms with Gasteiger partial charge >= 0.3 is 5.97 Å². The van der Waals surface area contributed by atoms with Crippen LogP contribution in [0.15, 0.2) is 18.2 Å². The molecule has 0 aliphatic carbocycles. The summed E-state index contributed by atoms with van der Waals surface area (Å²) >= 11 is 0. The van der Waals surface area contributed by atoms with Crippen molar-refractivity contribution in [2.75, 3.05) is 16.8 Å². The van der Waals surface area contributed by atoms with Gasteiger partial charge in [-0.3, -0.25) is 4.79 Å². The van der Waals surface area contributed by atoms with E-state index >= 15 is 0 Å². The van der Waals surface area contributed by atoms with Gasteiger partial charge in [0.15, 0.2) is 0 Å². The predicted molar refractivity (Wildman–Crippen MR) is 62.4 cm³/mol. The fourth-order valence-electron chi connectivity index (χ4n) is 2.56. The Labute approximate surface area is 98.0 Å². The highest BCUT2D eigenvalue weighted by Gasteiger charge is 2.36. The number of carboxylic acids is 1. The van der Waals surface area contributed by atoms with Crippen LogP contribution in [-0.4, -0.2) is 29.6 Å². The van der Waals surface area contributed by atoms with Gasteiger partial charge in [0, 0.05) is 6.54 Å². The van der Waals surface area contributed by atoms with Crippen LogP contribution in [0, 0.1) is 0 Å². The van der Waals surface area contributed by atoms with Crippen molar-refractivity contribution >= 4 is 23.3 Å². The number of nitrogens with one attached hydrogen (secondary N) is 1. The van der Waals surface area contributed by atoms with Gasteiger partial charge in [0.2, 0.25) is 5.91 Å². The minimum absolute atomic E-state index is 0.0301. The quantitative estimate of drug-likeness (QED) is 0.765. The van der Waals surface area contributed by atoms with Crippen molar-refractivity contribution in [1.29, 1.82) is 0 Å². The number of rotatable bonds is 1. The molecule has 0 aromatic heterocycles. The number of anilines is 2. The minimum atomic E-state index is -0.981. The first-order chi connectivity index (χ1) is 8.16. The molecule has 2 heterocycles. The molecule has 1 fully saturated rings. The van der Waals surface area contributed by atoms with Crippen LogP contribution in [-0.2, 0) is 4.79 Å². The number of benzene rings is 1. The molecule has 17 heavy (non-hydrogen) atoms. The third kappa shape index (κ3) is 1.46. The van der Waals surface area contributed by atoms with Crippen molar-refractivity contribution < 1.29 is 14.7 Å². The van der Waals surface area contributed by atoms with Crippen molar-refractivity contribution in [3.8, 4) is 0 Å². The summed E-state index contributed by atoms with van der Waals surface area (Å²) in [5.74, 6) is -1.01. The van der Waals surface area contributed by atoms with E-state index in [0.29, 0.717) is 5.69 Å². The smallest absolute Gasteiger partial charge is 0.335 e. The predicted octanol–water partition coefficient (Wildman–Crippen LogP) is 1.31. The highest BCUT2D eigenvalue weighted by molar-refractivity contribution is 6.05. The van der Waals surface area contributed by atoms with E-state index in [9.17, 15) is 9.59 Å². The van der Waals surface area contributed by atoms with Crippen LogP contribution in [0.1, 0.15) is 23.2 Å². The standard InChI is InChI=1S/C12H12N2O3/c15-11-10-2-1-5-14(10)9-4-3-7(12(16)17)6-8(9)13-11/h3-4,6,10H,1-2,5H2,(H,13,15)(H,16,17). The summed E-state index contributed by atoms with van der Waals surface area (Å²) in [6.45, 7) is 0.859. The second kappa shape index (κ2) is 3.48. The van der Waals surface area contributed by atoms with Gasteiger partial charge in [-0.1, -0.05) is 0 Å². The van der Waals surface area contributed by atoms with Crippen LogP contribution < -0.4 is 10.2 Å². The maximum absolute atomic E-state index is 11.8. The Kier molecular flexibility index (Phi) is 2.07. The second-order valence-corrected chi connectivity index (χ2v) is 4.38. The van der Waals surface area contributed by atoms with Gasteiger partial charge in [0.1, 0.15) is 6.04 Å². The Morgan fingerprint density at radius 1 is 1.47 bits per heavy atom. The first-order valence-corrected chi connectivity index (χ1v) is 5.61. The maximum Gasteiger partial charge on any atom is 0.335 e. The molecule has 1 aromatic rings. The van der Waals surface area contributed by atoms with Gasteiger partial charge < -0.3 is 15.3 Å². The van der Waals surface area contributed by atoms with E-state index in [-0.39, 0.29) is 17.5 Å². The van der Waals surface area contributed by atoms with Crippen molar-refractivity contribution in [2.24, 2.45) is 0 Å². The van der Waals surface area contributed by atoms with Crippen LogP contribution >= 0.6 is 0 Å². The van der Waals surface area contributed by atoms with Crippen molar-refractivity contribution in [3.05, 3.63) is 23.8 Å². The summed E-state index contributed by atoms with van der Waals surface area (Å²) in [5, 5.41) is 11.7. The third-order valence-corrected chi connectivity index (χ3v) is 3.37. The normalized spacial score (nSPS) is 21.8. The van der Waals surface area contributed by atoms with Gasteiger partial charge in [-0.2, -0.15) is 0 Å². The SMILES string of the molecule is O=C(O)c1ccc2c(c1)NC(=O)C1CCCN21. The van der Waals surface area contributed by atoms with E-state index in [1.807, 2.05) is 0 Å². The molecule has 1 aromatic carbocycles. The molecule has 1 atom stereocenters. The summed E-state index contributed by atoms with van der Waals surface area (Å²) < 4.78 is 0. The zero-order valence-corrected chi connectivity index (χ0v) is 9.14. The van der Waals surface area contributed by atoms with E-state index in [2.05, 4.69) is 10.2 Å². The van der Waals surface area contributed by atoms with Crippen LogP contribution in [0.25, 0.3) is 0 Å². The molecule has 3 rings (SSSR count). The zero-order valence-electron chi connectivity index (χ0n) is 9.14. The van der Waals surface area contributed by atoms with E-state index < -0.39 is 5.97 Å². The molecule has 1 amide bonds. The molecule has 0 radical (unpaired) electrons. The summed E-state index contributed by atoms with van der Waals surface area (Å²) in [6.07, 6.45) is 1.87. The first-order valence-electron chi connectivity index (χ1n) is 5.61. The minimum Gasteiger partial charge on any atom is -0.478 e. The Balaban J connectivity index is 2.07. The number of carbonyl (C=O) groups is 2. The highest BCUT2D eigenvalue weighted by Crippen LogP contribution is 2.37. The molecular formula is C12H12N2O3. The Hall–Kier alpha value is -2.04. The molecule has 2 N–H and O–H groups in total. The summed E-state index contributed by atoms with van der Waals surface area (Å²) in [4.78, 5) is 24.7. The summed E-state index contributed by atoms with van der Waals surface area (Å²) in [5.41, 5.74) is 1.73. The van der Waals surface area contributed by atoms with Crippen LogP contribution in [0.5, 0.6) is 0 Å². The second-order valence-electron chi connectivity index (χ2n) is 4.38. The van der Waals surface area contributed by atoms with Gasteiger partial charge in [0.05, 0.1) is 16.9 Å². The highest BCUT2D eigenvalue weighted by atomic mass is 16.4. The van der Waals surface area contributed by atoms with Gasteiger partial charge in [-0.05, 0) is 31.0 Å². The molecular weight excluding hydrogens is 220 g/mol. The average molecular weight is 232 g/mol. The van der Waals surface area contributed by atoms with Crippen LogP contribution in [0.2, 0.25) is 0 Å². The van der Waals surface area contributed by atoms with E-state index in [1.165, 1.54) is 6.07 Å². The summed E-state index contributed by atoms with van der Waals surface area (Å²) in [7, 11) is 0. The number of carboxylic acid groups (broad SMARTS) is 1.